The smallest absolute Gasteiger partial charge is 0.258 e. The molecule has 0 aliphatic carbocycles. The van der Waals surface area contributed by atoms with E-state index >= 15 is 0 Å². The van der Waals surface area contributed by atoms with Gasteiger partial charge in [-0.25, -0.2) is 4.98 Å². The van der Waals surface area contributed by atoms with E-state index in [0.717, 1.165) is 58.2 Å². The van der Waals surface area contributed by atoms with Crippen LogP contribution in [0.2, 0.25) is 0 Å². The number of rotatable bonds is 6. The third-order valence-corrected chi connectivity index (χ3v) is 7.17. The van der Waals surface area contributed by atoms with E-state index in [0.29, 0.717) is 17.9 Å². The molecule has 34 heavy (non-hydrogen) atoms. The van der Waals surface area contributed by atoms with Crippen LogP contribution in [-0.2, 0) is 17.0 Å². The van der Waals surface area contributed by atoms with Gasteiger partial charge in [-0.15, -0.1) is 10.2 Å². The van der Waals surface area contributed by atoms with Crippen LogP contribution in [0.15, 0.2) is 64.8 Å². The molecule has 1 aliphatic rings. The topological polar surface area (TPSA) is 90.1 Å². The van der Waals surface area contributed by atoms with Crippen molar-refractivity contribution in [2.24, 2.45) is 0 Å². The van der Waals surface area contributed by atoms with E-state index in [1.807, 2.05) is 43.6 Å². The first-order valence-electron chi connectivity index (χ1n) is 11.4. The summed E-state index contributed by atoms with van der Waals surface area (Å²) in [6.45, 7) is 3.45. The highest BCUT2D eigenvalue weighted by molar-refractivity contribution is 7.98. The van der Waals surface area contributed by atoms with E-state index in [1.165, 1.54) is 0 Å². The average molecular weight is 473 g/mol. The van der Waals surface area contributed by atoms with Crippen LogP contribution in [0.4, 0.5) is 0 Å². The summed E-state index contributed by atoms with van der Waals surface area (Å²) in [6.07, 6.45) is 6.04. The summed E-state index contributed by atoms with van der Waals surface area (Å²) in [4.78, 5) is 20.6. The highest BCUT2D eigenvalue weighted by Gasteiger charge is 2.23. The van der Waals surface area contributed by atoms with Gasteiger partial charge in [0.1, 0.15) is 5.65 Å². The van der Waals surface area contributed by atoms with Gasteiger partial charge in [0.25, 0.3) is 5.56 Å². The Hall–Kier alpha value is -3.43. The van der Waals surface area contributed by atoms with Crippen LogP contribution < -0.4 is 5.56 Å². The van der Waals surface area contributed by atoms with Gasteiger partial charge in [0.15, 0.2) is 11.0 Å². The molecule has 6 rings (SSSR count). The molecule has 0 amide bonds. The number of thioether (sulfide) groups is 1. The maximum absolute atomic E-state index is 12.6. The largest absolute Gasteiger partial charge is 0.376 e. The molecule has 1 saturated heterocycles. The lowest BCUT2D eigenvalue weighted by Crippen LogP contribution is -2.17. The molecule has 1 N–H and O–H groups in total. The normalized spacial score (nSPS) is 16.1. The van der Waals surface area contributed by atoms with E-state index in [1.54, 1.807) is 22.2 Å². The van der Waals surface area contributed by atoms with Crippen molar-refractivity contribution in [3.8, 4) is 11.4 Å². The zero-order chi connectivity index (χ0) is 23.1. The Labute approximate surface area is 200 Å². The number of para-hydroxylation sites is 1. The van der Waals surface area contributed by atoms with Gasteiger partial charge in [-0.3, -0.25) is 13.8 Å². The standard InChI is InChI=1S/C25H24N6O2S/c1-16-8-9-22-27-17(11-23(32)30(22)13-16)15-34-25-29-28-24(31(25)14-18-5-4-10-33-18)20-12-26-21-7-3-2-6-19(20)21/h2-3,6-9,11-13,18,26H,4-5,10,14-15H2,1H3/t18-/m1/s1. The lowest BCUT2D eigenvalue weighted by molar-refractivity contribution is 0.0953. The molecular weight excluding hydrogens is 448 g/mol. The summed E-state index contributed by atoms with van der Waals surface area (Å²) >= 11 is 1.54. The Morgan fingerprint density at radius 3 is 3.00 bits per heavy atom. The van der Waals surface area contributed by atoms with Crippen molar-refractivity contribution < 1.29 is 4.74 Å². The zero-order valence-corrected chi connectivity index (χ0v) is 19.6. The molecule has 5 aromatic rings. The van der Waals surface area contributed by atoms with Crippen molar-refractivity contribution in [1.82, 2.24) is 29.1 Å². The van der Waals surface area contributed by atoms with Gasteiger partial charge < -0.3 is 9.72 Å². The molecule has 0 saturated carbocycles. The van der Waals surface area contributed by atoms with Gasteiger partial charge in [-0.1, -0.05) is 36.0 Å². The van der Waals surface area contributed by atoms with Crippen LogP contribution >= 0.6 is 11.8 Å². The average Bonchev–Trinajstić information content (AvgIpc) is 3.59. The zero-order valence-electron chi connectivity index (χ0n) is 18.8. The number of benzene rings is 1. The number of pyridine rings is 1. The number of ether oxygens (including phenoxy) is 1. The number of aromatic amines is 1. The third-order valence-electron chi connectivity index (χ3n) is 6.17. The summed E-state index contributed by atoms with van der Waals surface area (Å²) < 4.78 is 9.66. The van der Waals surface area contributed by atoms with Crippen LogP contribution in [0.1, 0.15) is 24.1 Å². The molecular formula is C25H24N6O2S. The van der Waals surface area contributed by atoms with Gasteiger partial charge >= 0.3 is 0 Å². The molecule has 1 atom stereocenters. The Kier molecular flexibility index (Phi) is 5.43. The summed E-state index contributed by atoms with van der Waals surface area (Å²) in [5.74, 6) is 1.34. The van der Waals surface area contributed by atoms with Crippen molar-refractivity contribution >= 4 is 28.3 Å². The Balaban J connectivity index is 1.34. The maximum Gasteiger partial charge on any atom is 0.258 e. The monoisotopic (exact) mass is 472 g/mol. The first kappa shape index (κ1) is 21.1. The number of nitrogens with zero attached hydrogens (tertiary/aromatic N) is 5. The molecule has 1 aliphatic heterocycles. The number of H-pyrrole nitrogens is 1. The van der Waals surface area contributed by atoms with Gasteiger partial charge in [-0.2, -0.15) is 0 Å². The van der Waals surface area contributed by atoms with E-state index in [2.05, 4.69) is 36.9 Å². The third kappa shape index (κ3) is 3.91. The molecule has 1 aromatic carbocycles. The van der Waals surface area contributed by atoms with E-state index < -0.39 is 0 Å². The van der Waals surface area contributed by atoms with Gasteiger partial charge in [0, 0.05) is 47.3 Å². The summed E-state index contributed by atoms with van der Waals surface area (Å²) in [5, 5.41) is 11.0. The lowest BCUT2D eigenvalue weighted by Gasteiger charge is -2.14. The highest BCUT2D eigenvalue weighted by Crippen LogP contribution is 2.32. The van der Waals surface area contributed by atoms with Crippen LogP contribution in [0.3, 0.4) is 0 Å². The highest BCUT2D eigenvalue weighted by atomic mass is 32.2. The minimum atomic E-state index is -0.0791. The molecule has 8 nitrogen and oxygen atoms in total. The van der Waals surface area contributed by atoms with Crippen molar-refractivity contribution in [3.05, 3.63) is 76.5 Å². The summed E-state index contributed by atoms with van der Waals surface area (Å²) in [7, 11) is 0. The molecule has 9 heteroatoms. The molecule has 0 radical (unpaired) electrons. The molecule has 172 valence electrons. The number of hydrogen-bond acceptors (Lipinski definition) is 6. The second-order valence-corrected chi connectivity index (χ2v) is 9.55. The van der Waals surface area contributed by atoms with Gasteiger partial charge in [0.2, 0.25) is 0 Å². The van der Waals surface area contributed by atoms with Crippen molar-refractivity contribution in [2.75, 3.05) is 6.61 Å². The number of hydrogen-bond donors (Lipinski definition) is 1. The number of aromatic nitrogens is 6. The molecule has 1 fully saturated rings. The second kappa shape index (κ2) is 8.73. The number of aryl methyl sites for hydroxylation is 1. The first-order chi connectivity index (χ1) is 16.7. The SMILES string of the molecule is Cc1ccc2nc(CSc3nnc(-c4c[nH]c5ccccc45)n3C[C@H]3CCCO3)cc(=O)n2c1. The van der Waals surface area contributed by atoms with Crippen LogP contribution in [0.25, 0.3) is 27.9 Å². The number of fused-ring (bicyclic) bond motifs is 2. The Morgan fingerprint density at radius 2 is 2.12 bits per heavy atom. The second-order valence-electron chi connectivity index (χ2n) is 8.61. The minimum absolute atomic E-state index is 0.0791. The number of nitrogens with one attached hydrogen (secondary N) is 1. The van der Waals surface area contributed by atoms with Crippen LogP contribution in [-0.4, -0.2) is 41.8 Å². The quantitative estimate of drug-likeness (QED) is 0.372. The maximum atomic E-state index is 12.6. The van der Waals surface area contributed by atoms with Gasteiger partial charge in [-0.05, 0) is 37.5 Å². The Morgan fingerprint density at radius 1 is 1.21 bits per heavy atom. The first-order valence-corrected chi connectivity index (χ1v) is 12.4. The van der Waals surface area contributed by atoms with Crippen molar-refractivity contribution in [1.29, 1.82) is 0 Å². The lowest BCUT2D eigenvalue weighted by atomic mass is 10.1. The fourth-order valence-electron chi connectivity index (χ4n) is 4.48. The van der Waals surface area contributed by atoms with Crippen LogP contribution in [0, 0.1) is 6.92 Å². The minimum Gasteiger partial charge on any atom is -0.376 e. The molecule has 0 unspecified atom stereocenters. The predicted molar refractivity (Wildman–Crippen MR) is 132 cm³/mol. The summed E-state index contributed by atoms with van der Waals surface area (Å²) in [5.41, 5.74) is 4.39. The van der Waals surface area contributed by atoms with E-state index in [9.17, 15) is 4.79 Å². The van der Waals surface area contributed by atoms with E-state index in [-0.39, 0.29) is 11.7 Å². The van der Waals surface area contributed by atoms with Gasteiger partial charge in [0.05, 0.1) is 18.3 Å². The molecule has 5 heterocycles. The fraction of sp³-hybridized carbons (Fsp3) is 0.280. The molecule has 0 spiro atoms. The van der Waals surface area contributed by atoms with Crippen molar-refractivity contribution in [3.63, 3.8) is 0 Å². The van der Waals surface area contributed by atoms with E-state index in [4.69, 9.17) is 4.74 Å². The van der Waals surface area contributed by atoms with Crippen LogP contribution in [0.5, 0.6) is 0 Å². The summed E-state index contributed by atoms with van der Waals surface area (Å²) in [6, 6.07) is 13.6. The molecule has 4 aromatic heterocycles. The van der Waals surface area contributed by atoms with Crippen molar-refractivity contribution in [2.45, 2.75) is 43.3 Å². The Bertz CT molecular complexity index is 1550. The fourth-order valence-corrected chi connectivity index (χ4v) is 5.32. The predicted octanol–water partition coefficient (Wildman–Crippen LogP) is 4.21. The molecule has 0 bridgehead atoms.